The topological polar surface area (TPSA) is 46.1 Å². The minimum absolute atomic E-state index is 0.00866. The van der Waals surface area contributed by atoms with Crippen molar-refractivity contribution < 1.29 is 9.18 Å². The molecule has 0 N–H and O–H groups in total. The monoisotopic (exact) mass is 485 g/mol. The standard InChI is InChI=1S/C24H21ClFN3OS2/c1-16-4-9-20(25)23-22(16)28-24(32-23)29(15-17-10-12-27-13-11-17)21(30)3-2-14-31-19-7-5-18(26)6-8-19/h4-13H,2-3,14-15H2,1H3. The maximum absolute atomic E-state index is 13.2. The second-order valence-corrected chi connectivity index (χ2v) is 9.83. The van der Waals surface area contributed by atoms with Crippen molar-refractivity contribution in [1.82, 2.24) is 9.97 Å². The van der Waals surface area contributed by atoms with Gasteiger partial charge in [-0.15, -0.1) is 11.8 Å². The molecule has 0 aliphatic heterocycles. The van der Waals surface area contributed by atoms with E-state index in [2.05, 4.69) is 4.98 Å². The molecule has 4 aromatic rings. The molecule has 2 aromatic carbocycles. The molecule has 4 nitrogen and oxygen atoms in total. The number of halogens is 2. The molecule has 0 atom stereocenters. The van der Waals surface area contributed by atoms with Gasteiger partial charge in [0.2, 0.25) is 5.91 Å². The van der Waals surface area contributed by atoms with Gasteiger partial charge in [-0.1, -0.05) is 29.0 Å². The molecule has 32 heavy (non-hydrogen) atoms. The summed E-state index contributed by atoms with van der Waals surface area (Å²) < 4.78 is 13.9. The van der Waals surface area contributed by atoms with Gasteiger partial charge < -0.3 is 0 Å². The maximum atomic E-state index is 13.2. The smallest absolute Gasteiger partial charge is 0.229 e. The number of hydrogen-bond donors (Lipinski definition) is 0. The summed E-state index contributed by atoms with van der Waals surface area (Å²) in [5.41, 5.74) is 2.84. The second kappa shape index (κ2) is 10.4. The van der Waals surface area contributed by atoms with Gasteiger partial charge in [-0.2, -0.15) is 0 Å². The highest BCUT2D eigenvalue weighted by atomic mass is 35.5. The van der Waals surface area contributed by atoms with Crippen LogP contribution < -0.4 is 4.90 Å². The van der Waals surface area contributed by atoms with Gasteiger partial charge >= 0.3 is 0 Å². The van der Waals surface area contributed by atoms with Crippen molar-refractivity contribution in [2.75, 3.05) is 10.7 Å². The van der Waals surface area contributed by atoms with Crippen LogP contribution in [0.1, 0.15) is 24.0 Å². The van der Waals surface area contributed by atoms with Crippen molar-refractivity contribution in [3.05, 3.63) is 82.9 Å². The van der Waals surface area contributed by atoms with Crippen molar-refractivity contribution >= 4 is 56.0 Å². The fraction of sp³-hybridized carbons (Fsp3) is 0.208. The first-order chi connectivity index (χ1) is 15.5. The van der Waals surface area contributed by atoms with Gasteiger partial charge in [0.25, 0.3) is 0 Å². The lowest BCUT2D eigenvalue weighted by atomic mass is 10.2. The molecule has 2 heterocycles. The lowest BCUT2D eigenvalue weighted by Gasteiger charge is -2.20. The first kappa shape index (κ1) is 22.7. The molecular weight excluding hydrogens is 465 g/mol. The Morgan fingerprint density at radius 1 is 1.12 bits per heavy atom. The van der Waals surface area contributed by atoms with Gasteiger partial charge in [0, 0.05) is 23.7 Å². The first-order valence-corrected chi connectivity index (χ1v) is 12.3. The van der Waals surface area contributed by atoms with E-state index in [0.717, 1.165) is 32.0 Å². The van der Waals surface area contributed by atoms with Crippen LogP contribution in [0.4, 0.5) is 9.52 Å². The van der Waals surface area contributed by atoms with Crippen LogP contribution in [-0.2, 0) is 11.3 Å². The summed E-state index contributed by atoms with van der Waals surface area (Å²) >= 11 is 9.44. The summed E-state index contributed by atoms with van der Waals surface area (Å²) in [6, 6.07) is 14.0. The van der Waals surface area contributed by atoms with Crippen molar-refractivity contribution in [2.45, 2.75) is 31.2 Å². The van der Waals surface area contributed by atoms with E-state index in [9.17, 15) is 9.18 Å². The van der Waals surface area contributed by atoms with E-state index in [4.69, 9.17) is 16.6 Å². The third-order valence-electron chi connectivity index (χ3n) is 4.93. The third-order valence-corrected chi connectivity index (χ3v) is 7.56. The molecular formula is C24H21ClFN3OS2. The zero-order valence-corrected chi connectivity index (χ0v) is 19.8. The number of benzene rings is 2. The predicted octanol–water partition coefficient (Wildman–Crippen LogP) is 6.90. The molecule has 0 fully saturated rings. The Morgan fingerprint density at radius 3 is 2.59 bits per heavy atom. The highest BCUT2D eigenvalue weighted by Crippen LogP contribution is 2.36. The second-order valence-electron chi connectivity index (χ2n) is 7.28. The number of hydrogen-bond acceptors (Lipinski definition) is 5. The van der Waals surface area contributed by atoms with Crippen LogP contribution in [0.25, 0.3) is 10.2 Å². The quantitative estimate of drug-likeness (QED) is 0.201. The molecule has 164 valence electrons. The highest BCUT2D eigenvalue weighted by molar-refractivity contribution is 7.99. The van der Waals surface area contributed by atoms with Gasteiger partial charge in [-0.05, 0) is 72.7 Å². The molecule has 0 spiro atoms. The van der Waals surface area contributed by atoms with E-state index in [-0.39, 0.29) is 11.7 Å². The molecule has 0 aliphatic rings. The molecule has 0 radical (unpaired) electrons. The van der Waals surface area contributed by atoms with Crippen molar-refractivity contribution in [2.24, 2.45) is 0 Å². The number of aryl methyl sites for hydroxylation is 1. The van der Waals surface area contributed by atoms with Crippen molar-refractivity contribution in [3.63, 3.8) is 0 Å². The van der Waals surface area contributed by atoms with Gasteiger partial charge in [0.05, 0.1) is 21.8 Å². The Morgan fingerprint density at radius 2 is 1.88 bits per heavy atom. The summed E-state index contributed by atoms with van der Waals surface area (Å²) in [5.74, 6) is 0.530. The Balaban J connectivity index is 1.50. The number of aromatic nitrogens is 2. The Bertz CT molecular complexity index is 1180. The number of amides is 1. The minimum Gasteiger partial charge on any atom is -0.284 e. The summed E-state index contributed by atoms with van der Waals surface area (Å²) in [6.45, 7) is 2.41. The number of anilines is 1. The SMILES string of the molecule is Cc1ccc(Cl)c2sc(N(Cc3ccncc3)C(=O)CCCSc3ccc(F)cc3)nc12. The predicted molar refractivity (Wildman–Crippen MR) is 131 cm³/mol. The molecule has 0 unspecified atom stereocenters. The number of carbonyl (C=O) groups is 1. The van der Waals surface area contributed by atoms with Crippen LogP contribution >= 0.6 is 34.7 Å². The van der Waals surface area contributed by atoms with Gasteiger partial charge in [-0.3, -0.25) is 14.7 Å². The highest BCUT2D eigenvalue weighted by Gasteiger charge is 2.21. The van der Waals surface area contributed by atoms with E-state index in [1.165, 1.54) is 23.5 Å². The lowest BCUT2D eigenvalue weighted by Crippen LogP contribution is -2.30. The van der Waals surface area contributed by atoms with Gasteiger partial charge in [0.15, 0.2) is 5.13 Å². The molecule has 0 aliphatic carbocycles. The van der Waals surface area contributed by atoms with E-state index >= 15 is 0 Å². The minimum atomic E-state index is -0.248. The van der Waals surface area contributed by atoms with E-state index in [1.54, 1.807) is 41.2 Å². The summed E-state index contributed by atoms with van der Waals surface area (Å²) in [7, 11) is 0. The zero-order valence-electron chi connectivity index (χ0n) is 17.4. The number of thiazole rings is 1. The van der Waals surface area contributed by atoms with E-state index < -0.39 is 0 Å². The van der Waals surface area contributed by atoms with Crippen LogP contribution in [0.2, 0.25) is 5.02 Å². The van der Waals surface area contributed by atoms with E-state index in [0.29, 0.717) is 29.5 Å². The largest absolute Gasteiger partial charge is 0.284 e. The Labute approximate surface area is 199 Å². The van der Waals surface area contributed by atoms with E-state index in [1.807, 2.05) is 31.2 Å². The van der Waals surface area contributed by atoms with Crippen LogP contribution in [0.15, 0.2) is 65.8 Å². The van der Waals surface area contributed by atoms with Gasteiger partial charge in [0.1, 0.15) is 5.82 Å². The molecule has 0 saturated carbocycles. The van der Waals surface area contributed by atoms with Crippen LogP contribution in [0.3, 0.4) is 0 Å². The fourth-order valence-corrected chi connectivity index (χ4v) is 5.40. The number of nitrogens with zero attached hydrogens (tertiary/aromatic N) is 3. The van der Waals surface area contributed by atoms with Gasteiger partial charge in [-0.25, -0.2) is 9.37 Å². The van der Waals surface area contributed by atoms with Crippen LogP contribution in [0.5, 0.6) is 0 Å². The fourth-order valence-electron chi connectivity index (χ4n) is 3.22. The molecule has 0 saturated heterocycles. The maximum Gasteiger partial charge on any atom is 0.229 e. The third kappa shape index (κ3) is 5.46. The summed E-state index contributed by atoms with van der Waals surface area (Å²) in [4.78, 5) is 24.8. The average molecular weight is 486 g/mol. The Hall–Kier alpha value is -2.48. The molecule has 1 amide bonds. The molecule has 2 aromatic heterocycles. The number of thioether (sulfide) groups is 1. The molecule has 0 bridgehead atoms. The Kier molecular flexibility index (Phi) is 7.40. The van der Waals surface area contributed by atoms with Crippen molar-refractivity contribution in [1.29, 1.82) is 0 Å². The number of fused-ring (bicyclic) bond motifs is 1. The normalized spacial score (nSPS) is 11.1. The summed E-state index contributed by atoms with van der Waals surface area (Å²) in [5, 5.41) is 1.28. The van der Waals surface area contributed by atoms with Crippen molar-refractivity contribution in [3.8, 4) is 0 Å². The zero-order chi connectivity index (χ0) is 22.5. The molecule has 8 heteroatoms. The summed E-state index contributed by atoms with van der Waals surface area (Å²) in [6.07, 6.45) is 4.54. The first-order valence-electron chi connectivity index (χ1n) is 10.1. The van der Waals surface area contributed by atoms with Crippen LogP contribution in [0, 0.1) is 12.7 Å². The van der Waals surface area contributed by atoms with Crippen LogP contribution in [-0.4, -0.2) is 21.6 Å². The number of pyridine rings is 1. The molecule has 4 rings (SSSR count). The lowest BCUT2D eigenvalue weighted by molar-refractivity contribution is -0.118. The number of carbonyl (C=O) groups excluding carboxylic acids is 1. The average Bonchev–Trinajstić information content (AvgIpc) is 3.26. The number of rotatable bonds is 8.